The maximum Gasteiger partial charge on any atom is 0.242 e. The molecule has 20 heavy (non-hydrogen) atoms. The molecule has 0 aromatic carbocycles. The number of nitrogens with zero attached hydrogens (tertiary/aromatic N) is 1. The van der Waals surface area contributed by atoms with Crippen molar-refractivity contribution in [3.05, 3.63) is 0 Å². The fourth-order valence-electron chi connectivity index (χ4n) is 3.30. The molecule has 0 radical (unpaired) electrons. The lowest BCUT2D eigenvalue weighted by Crippen LogP contribution is -2.57. The fourth-order valence-corrected chi connectivity index (χ4v) is 3.30. The summed E-state index contributed by atoms with van der Waals surface area (Å²) in [6, 6.07) is 0.237. The maximum absolute atomic E-state index is 12.7. The van der Waals surface area contributed by atoms with E-state index >= 15 is 0 Å². The Bertz CT molecular complexity index is 356. The second kappa shape index (κ2) is 6.57. The predicted molar refractivity (Wildman–Crippen MR) is 78.3 cm³/mol. The van der Waals surface area contributed by atoms with Crippen LogP contribution in [0.15, 0.2) is 0 Å². The van der Waals surface area contributed by atoms with Gasteiger partial charge in [-0.3, -0.25) is 9.59 Å². The Hall–Kier alpha value is -1.10. The molecule has 2 amide bonds. The molecule has 2 saturated heterocycles. The van der Waals surface area contributed by atoms with Gasteiger partial charge in [-0.2, -0.15) is 0 Å². The second-order valence-corrected chi connectivity index (χ2v) is 5.95. The SMILES string of the molecule is CCC(=O)NC1CCN(C(=O)C2(CC)CCCN2)CC1. The van der Waals surface area contributed by atoms with Gasteiger partial charge in [0.1, 0.15) is 0 Å². The minimum atomic E-state index is -0.320. The zero-order valence-corrected chi connectivity index (χ0v) is 12.7. The van der Waals surface area contributed by atoms with E-state index in [0.29, 0.717) is 6.42 Å². The number of carbonyl (C=O) groups is 2. The minimum absolute atomic E-state index is 0.109. The van der Waals surface area contributed by atoms with Crippen LogP contribution in [0.4, 0.5) is 0 Å². The Kier molecular flexibility index (Phi) is 5.02. The van der Waals surface area contributed by atoms with Crippen molar-refractivity contribution in [1.82, 2.24) is 15.5 Å². The van der Waals surface area contributed by atoms with Gasteiger partial charge in [-0.25, -0.2) is 0 Å². The first-order chi connectivity index (χ1) is 9.61. The maximum atomic E-state index is 12.7. The molecule has 0 spiro atoms. The molecule has 0 aromatic heterocycles. The van der Waals surface area contributed by atoms with E-state index in [0.717, 1.165) is 51.7 Å². The van der Waals surface area contributed by atoms with Gasteiger partial charge in [-0.05, 0) is 38.6 Å². The van der Waals surface area contributed by atoms with Crippen molar-refractivity contribution < 1.29 is 9.59 Å². The number of hydrogen-bond donors (Lipinski definition) is 2. The molecule has 114 valence electrons. The quantitative estimate of drug-likeness (QED) is 0.809. The summed E-state index contributed by atoms with van der Waals surface area (Å²) >= 11 is 0. The van der Waals surface area contributed by atoms with E-state index in [2.05, 4.69) is 17.6 Å². The zero-order valence-electron chi connectivity index (χ0n) is 12.7. The Morgan fingerprint density at radius 3 is 2.50 bits per heavy atom. The normalized spacial score (nSPS) is 27.6. The van der Waals surface area contributed by atoms with Crippen molar-refractivity contribution in [2.45, 2.75) is 64.0 Å². The number of carbonyl (C=O) groups excluding carboxylic acids is 2. The van der Waals surface area contributed by atoms with Crippen LogP contribution in [0.25, 0.3) is 0 Å². The summed E-state index contributed by atoms with van der Waals surface area (Å²) in [6.07, 6.45) is 5.17. The molecule has 0 aromatic rings. The van der Waals surface area contributed by atoms with Crippen LogP contribution in [-0.2, 0) is 9.59 Å². The van der Waals surface area contributed by atoms with Gasteiger partial charge in [-0.15, -0.1) is 0 Å². The predicted octanol–water partition coefficient (Wildman–Crippen LogP) is 1.04. The molecule has 0 aliphatic carbocycles. The third kappa shape index (κ3) is 3.14. The highest BCUT2D eigenvalue weighted by Gasteiger charge is 2.42. The van der Waals surface area contributed by atoms with E-state index in [9.17, 15) is 9.59 Å². The number of rotatable bonds is 4. The van der Waals surface area contributed by atoms with E-state index < -0.39 is 0 Å². The van der Waals surface area contributed by atoms with E-state index in [-0.39, 0.29) is 23.4 Å². The van der Waals surface area contributed by atoms with Gasteiger partial charge in [0.05, 0.1) is 5.54 Å². The molecule has 5 nitrogen and oxygen atoms in total. The molecule has 2 rings (SSSR count). The van der Waals surface area contributed by atoms with Gasteiger partial charge < -0.3 is 15.5 Å². The number of piperidine rings is 1. The summed E-state index contributed by atoms with van der Waals surface area (Å²) < 4.78 is 0. The Balaban J connectivity index is 1.87. The average molecular weight is 281 g/mol. The van der Waals surface area contributed by atoms with Crippen LogP contribution in [0.1, 0.15) is 52.4 Å². The van der Waals surface area contributed by atoms with Crippen molar-refractivity contribution in [3.63, 3.8) is 0 Å². The highest BCUT2D eigenvalue weighted by atomic mass is 16.2. The van der Waals surface area contributed by atoms with Crippen LogP contribution >= 0.6 is 0 Å². The zero-order chi connectivity index (χ0) is 14.6. The minimum Gasteiger partial charge on any atom is -0.353 e. The molecule has 2 N–H and O–H groups in total. The lowest BCUT2D eigenvalue weighted by molar-refractivity contribution is -0.139. The summed E-state index contributed by atoms with van der Waals surface area (Å²) in [7, 11) is 0. The largest absolute Gasteiger partial charge is 0.353 e. The highest BCUT2D eigenvalue weighted by molar-refractivity contribution is 5.87. The van der Waals surface area contributed by atoms with Crippen molar-refractivity contribution in [2.24, 2.45) is 0 Å². The molecule has 1 unspecified atom stereocenters. The molecular weight excluding hydrogens is 254 g/mol. The standard InChI is InChI=1S/C15H27N3O2/c1-3-13(19)17-12-6-10-18(11-7-12)14(20)15(4-2)8-5-9-16-15/h12,16H,3-11H2,1-2H3,(H,17,19). The van der Waals surface area contributed by atoms with Crippen LogP contribution in [0.5, 0.6) is 0 Å². The van der Waals surface area contributed by atoms with Crippen molar-refractivity contribution in [1.29, 1.82) is 0 Å². The molecular formula is C15H27N3O2. The van der Waals surface area contributed by atoms with Crippen molar-refractivity contribution in [3.8, 4) is 0 Å². The van der Waals surface area contributed by atoms with E-state index in [1.54, 1.807) is 0 Å². The number of likely N-dealkylation sites (tertiary alicyclic amines) is 1. The van der Waals surface area contributed by atoms with Gasteiger partial charge in [-0.1, -0.05) is 13.8 Å². The summed E-state index contributed by atoms with van der Waals surface area (Å²) in [4.78, 5) is 26.1. The van der Waals surface area contributed by atoms with Crippen LogP contribution in [0.2, 0.25) is 0 Å². The van der Waals surface area contributed by atoms with Gasteiger partial charge in [0, 0.05) is 25.6 Å². The summed E-state index contributed by atoms with van der Waals surface area (Å²) in [5.41, 5.74) is -0.320. The third-order valence-corrected chi connectivity index (χ3v) is 4.73. The van der Waals surface area contributed by atoms with E-state index in [1.807, 2.05) is 11.8 Å². The third-order valence-electron chi connectivity index (χ3n) is 4.73. The molecule has 5 heteroatoms. The van der Waals surface area contributed by atoms with E-state index in [1.165, 1.54) is 0 Å². The van der Waals surface area contributed by atoms with Gasteiger partial charge in [0.25, 0.3) is 0 Å². The lowest BCUT2D eigenvalue weighted by atomic mass is 9.91. The Morgan fingerprint density at radius 1 is 1.30 bits per heavy atom. The Morgan fingerprint density at radius 2 is 2.00 bits per heavy atom. The molecule has 2 aliphatic heterocycles. The molecule has 0 saturated carbocycles. The summed E-state index contributed by atoms with van der Waals surface area (Å²) in [6.45, 7) is 6.42. The molecule has 0 bridgehead atoms. The van der Waals surface area contributed by atoms with Crippen LogP contribution in [-0.4, -0.2) is 47.9 Å². The van der Waals surface area contributed by atoms with Crippen LogP contribution in [0, 0.1) is 0 Å². The average Bonchev–Trinajstić information content (AvgIpc) is 2.97. The molecule has 2 aliphatic rings. The molecule has 2 heterocycles. The van der Waals surface area contributed by atoms with Crippen LogP contribution < -0.4 is 10.6 Å². The van der Waals surface area contributed by atoms with Crippen molar-refractivity contribution >= 4 is 11.8 Å². The second-order valence-electron chi connectivity index (χ2n) is 5.95. The first-order valence-corrected chi connectivity index (χ1v) is 7.95. The van der Waals surface area contributed by atoms with Gasteiger partial charge in [0.2, 0.25) is 11.8 Å². The molecule has 2 fully saturated rings. The summed E-state index contributed by atoms with van der Waals surface area (Å²) in [5, 5.41) is 6.44. The molecule has 1 atom stereocenters. The van der Waals surface area contributed by atoms with Crippen molar-refractivity contribution in [2.75, 3.05) is 19.6 Å². The summed E-state index contributed by atoms with van der Waals surface area (Å²) in [5.74, 6) is 0.370. The first-order valence-electron chi connectivity index (χ1n) is 7.95. The van der Waals surface area contributed by atoms with Gasteiger partial charge in [0.15, 0.2) is 0 Å². The van der Waals surface area contributed by atoms with Crippen LogP contribution in [0.3, 0.4) is 0 Å². The van der Waals surface area contributed by atoms with Gasteiger partial charge >= 0.3 is 0 Å². The number of amides is 2. The monoisotopic (exact) mass is 281 g/mol. The number of nitrogens with one attached hydrogen (secondary N) is 2. The van der Waals surface area contributed by atoms with E-state index in [4.69, 9.17) is 0 Å². The number of hydrogen-bond acceptors (Lipinski definition) is 3. The Labute approximate surface area is 121 Å². The first kappa shape index (κ1) is 15.3. The lowest BCUT2D eigenvalue weighted by Gasteiger charge is -2.38. The topological polar surface area (TPSA) is 61.4 Å². The fraction of sp³-hybridized carbons (Fsp3) is 0.867. The smallest absolute Gasteiger partial charge is 0.242 e. The highest BCUT2D eigenvalue weighted by Crippen LogP contribution is 2.27.